The zero-order valence-electron chi connectivity index (χ0n) is 22.7. The Bertz CT molecular complexity index is 1080. The van der Waals surface area contributed by atoms with E-state index < -0.39 is 11.2 Å². The second kappa shape index (κ2) is 7.52. The summed E-state index contributed by atoms with van der Waals surface area (Å²) in [7, 11) is 3.50. The van der Waals surface area contributed by atoms with Gasteiger partial charge in [-0.15, -0.1) is 0 Å². The number of benzene rings is 1. The Morgan fingerprint density at radius 3 is 2.54 bits per heavy atom. The first kappa shape index (κ1) is 24.7. The van der Waals surface area contributed by atoms with Crippen molar-refractivity contribution in [1.29, 1.82) is 5.26 Å². The van der Waals surface area contributed by atoms with Gasteiger partial charge in [-0.3, -0.25) is 0 Å². The highest BCUT2D eigenvalue weighted by molar-refractivity contribution is 5.61. The molecule has 2 aliphatic heterocycles. The Labute approximate surface area is 210 Å². The number of nitriles is 1. The summed E-state index contributed by atoms with van der Waals surface area (Å²) in [5.74, 6) is 1.45. The van der Waals surface area contributed by atoms with Gasteiger partial charge in [-0.2, -0.15) is 5.26 Å². The third-order valence-corrected chi connectivity index (χ3v) is 11.6. The number of methoxy groups -OCH3 is 2. The summed E-state index contributed by atoms with van der Waals surface area (Å²) < 4.78 is 19.4. The lowest BCUT2D eigenvalue weighted by Crippen LogP contribution is -2.81. The fourth-order valence-electron chi connectivity index (χ4n) is 8.86. The molecular formula is C29H42N2O4. The Morgan fingerprint density at radius 1 is 1.23 bits per heavy atom. The Balaban J connectivity index is 1.82. The van der Waals surface area contributed by atoms with E-state index >= 15 is 0 Å². The van der Waals surface area contributed by atoms with Crippen molar-refractivity contribution in [3.8, 4) is 17.7 Å². The molecule has 1 N–H and O–H groups in total. The predicted molar refractivity (Wildman–Crippen MR) is 134 cm³/mol. The van der Waals surface area contributed by atoms with E-state index in [1.54, 1.807) is 14.2 Å². The number of ether oxygens (including phenoxy) is 3. The highest BCUT2D eigenvalue weighted by atomic mass is 16.6. The van der Waals surface area contributed by atoms with Gasteiger partial charge in [0.25, 0.3) is 0 Å². The molecule has 1 saturated heterocycles. The molecule has 6 nitrogen and oxygen atoms in total. The molecule has 2 heterocycles. The van der Waals surface area contributed by atoms with E-state index in [-0.39, 0.29) is 34.3 Å². The number of hydrogen-bond donors (Lipinski definition) is 1. The summed E-state index contributed by atoms with van der Waals surface area (Å²) in [4.78, 5) is 1.97. The zero-order chi connectivity index (χ0) is 25.6. The molecule has 3 aliphatic carbocycles. The van der Waals surface area contributed by atoms with E-state index in [2.05, 4.69) is 46.9 Å². The average molecular weight is 483 g/mol. The molecule has 4 fully saturated rings. The SMILES string of the molecule is CCC(C)(C)[C@@](C)(O)[C@H]1C[C@@]23CC[C@@]1(OC)[C@@H]1Oc4c(OC)ccc(C)c4[C@@]12CCN(C#N)C3C. The number of aliphatic hydroxyl groups is 1. The monoisotopic (exact) mass is 482 g/mol. The summed E-state index contributed by atoms with van der Waals surface area (Å²) >= 11 is 0. The topological polar surface area (TPSA) is 75.0 Å². The summed E-state index contributed by atoms with van der Waals surface area (Å²) in [6, 6.07) is 4.17. The van der Waals surface area contributed by atoms with Crippen LogP contribution in [0, 0.1) is 35.1 Å². The lowest BCUT2D eigenvalue weighted by molar-refractivity contribution is -0.308. The highest BCUT2D eigenvalue weighted by Crippen LogP contribution is 2.76. The minimum absolute atomic E-state index is 0.0297. The van der Waals surface area contributed by atoms with Gasteiger partial charge in [0.05, 0.1) is 12.7 Å². The standard InChI is InChI=1S/C29H42N2O4/c1-9-25(4,5)26(6,32)21-16-27-12-13-29(21,34-8)24-28(27,14-15-31(17-30)19(27)3)22-18(2)10-11-20(33-7)23(22)35-24/h10-11,19,21,24,32H,9,12-16H2,1-8H3/t19?,21-,24-,26+,27-,28+,29+/m1/s1. The number of hydrogen-bond acceptors (Lipinski definition) is 6. The summed E-state index contributed by atoms with van der Waals surface area (Å²) in [6.45, 7) is 13.6. The Morgan fingerprint density at radius 2 is 1.94 bits per heavy atom. The summed E-state index contributed by atoms with van der Waals surface area (Å²) in [5.41, 5.74) is -0.0216. The van der Waals surface area contributed by atoms with Crippen molar-refractivity contribution in [2.75, 3.05) is 20.8 Å². The zero-order valence-corrected chi connectivity index (χ0v) is 22.7. The molecule has 0 radical (unpaired) electrons. The molecule has 35 heavy (non-hydrogen) atoms. The maximum absolute atomic E-state index is 12.3. The molecule has 1 aromatic rings. The average Bonchev–Trinajstić information content (AvgIpc) is 3.23. The second-order valence-electron chi connectivity index (χ2n) is 12.4. The van der Waals surface area contributed by atoms with Crippen LogP contribution in [-0.4, -0.2) is 54.1 Å². The van der Waals surface area contributed by atoms with Gasteiger partial charge in [-0.05, 0) is 69.9 Å². The van der Waals surface area contributed by atoms with Crippen molar-refractivity contribution in [2.45, 2.75) is 102 Å². The van der Waals surface area contributed by atoms with Crippen LogP contribution in [0.3, 0.4) is 0 Å². The van der Waals surface area contributed by atoms with Crippen molar-refractivity contribution < 1.29 is 19.3 Å². The molecule has 6 rings (SSSR count). The Hall–Kier alpha value is -1.97. The number of likely N-dealkylation sites (tertiary alicyclic amines) is 1. The van der Waals surface area contributed by atoms with Gasteiger partial charge in [0, 0.05) is 42.0 Å². The van der Waals surface area contributed by atoms with Gasteiger partial charge in [0.1, 0.15) is 11.7 Å². The van der Waals surface area contributed by atoms with Gasteiger partial charge < -0.3 is 24.2 Å². The van der Waals surface area contributed by atoms with Gasteiger partial charge in [0.2, 0.25) is 0 Å². The number of fused-ring (bicyclic) bond motifs is 3. The third kappa shape index (κ3) is 2.62. The molecule has 192 valence electrons. The number of nitrogens with zero attached hydrogens (tertiary/aromatic N) is 2. The fraction of sp³-hybridized carbons (Fsp3) is 0.759. The van der Waals surface area contributed by atoms with Crippen LogP contribution in [0.1, 0.15) is 77.8 Å². The van der Waals surface area contributed by atoms with E-state index in [0.717, 1.165) is 43.6 Å². The van der Waals surface area contributed by atoms with Crippen LogP contribution in [0.5, 0.6) is 11.5 Å². The highest BCUT2D eigenvalue weighted by Gasteiger charge is 2.81. The quantitative estimate of drug-likeness (QED) is 0.599. The molecule has 2 spiro atoms. The van der Waals surface area contributed by atoms with E-state index in [1.807, 2.05) is 17.9 Å². The van der Waals surface area contributed by atoms with Crippen LogP contribution in [0.2, 0.25) is 0 Å². The van der Waals surface area contributed by atoms with Crippen LogP contribution >= 0.6 is 0 Å². The summed E-state index contributed by atoms with van der Waals surface area (Å²) in [5, 5.41) is 22.4. The van der Waals surface area contributed by atoms with Crippen molar-refractivity contribution in [3.05, 3.63) is 23.3 Å². The normalized spacial score (nSPS) is 39.1. The maximum atomic E-state index is 12.3. The lowest BCUT2D eigenvalue weighted by Gasteiger charge is -2.73. The van der Waals surface area contributed by atoms with Crippen molar-refractivity contribution >= 4 is 0 Å². The minimum atomic E-state index is -0.983. The van der Waals surface area contributed by atoms with E-state index in [1.165, 1.54) is 11.1 Å². The second-order valence-corrected chi connectivity index (χ2v) is 12.4. The largest absolute Gasteiger partial charge is 0.493 e. The molecule has 1 unspecified atom stereocenters. The number of rotatable bonds is 5. The fourth-order valence-corrected chi connectivity index (χ4v) is 8.86. The molecule has 0 amide bonds. The molecule has 5 aliphatic rings. The molecule has 6 heteroatoms. The molecule has 3 saturated carbocycles. The van der Waals surface area contributed by atoms with Gasteiger partial charge >= 0.3 is 0 Å². The van der Waals surface area contributed by atoms with E-state index in [0.29, 0.717) is 6.54 Å². The van der Waals surface area contributed by atoms with Gasteiger partial charge in [0.15, 0.2) is 17.7 Å². The first-order valence-corrected chi connectivity index (χ1v) is 13.2. The van der Waals surface area contributed by atoms with Crippen LogP contribution in [0.25, 0.3) is 0 Å². The van der Waals surface area contributed by atoms with Gasteiger partial charge in [-0.1, -0.05) is 26.8 Å². The Kier molecular flexibility index (Phi) is 5.31. The minimum Gasteiger partial charge on any atom is -0.493 e. The lowest BCUT2D eigenvalue weighted by atomic mass is 9.35. The first-order chi connectivity index (χ1) is 16.4. The third-order valence-electron chi connectivity index (χ3n) is 11.6. The molecular weight excluding hydrogens is 440 g/mol. The van der Waals surface area contributed by atoms with Crippen LogP contribution in [0.15, 0.2) is 12.1 Å². The van der Waals surface area contributed by atoms with Crippen molar-refractivity contribution in [3.63, 3.8) is 0 Å². The van der Waals surface area contributed by atoms with Gasteiger partial charge in [-0.25, -0.2) is 0 Å². The van der Waals surface area contributed by atoms with Crippen molar-refractivity contribution in [1.82, 2.24) is 4.90 Å². The van der Waals surface area contributed by atoms with Crippen LogP contribution in [-0.2, 0) is 10.2 Å². The molecule has 0 aromatic heterocycles. The number of piperidine rings is 1. The molecule has 1 aromatic carbocycles. The molecule has 2 bridgehead atoms. The van der Waals surface area contributed by atoms with Crippen LogP contribution in [0.4, 0.5) is 0 Å². The smallest absolute Gasteiger partial charge is 0.179 e. The van der Waals surface area contributed by atoms with E-state index in [4.69, 9.17) is 14.2 Å². The number of aryl methyl sites for hydroxylation is 1. The van der Waals surface area contributed by atoms with Crippen LogP contribution < -0.4 is 9.47 Å². The maximum Gasteiger partial charge on any atom is 0.179 e. The molecule has 7 atom stereocenters. The first-order valence-electron chi connectivity index (χ1n) is 13.2. The van der Waals surface area contributed by atoms with E-state index in [9.17, 15) is 10.4 Å². The van der Waals surface area contributed by atoms with Crippen molar-refractivity contribution in [2.24, 2.45) is 16.7 Å². The summed E-state index contributed by atoms with van der Waals surface area (Å²) in [6.07, 6.45) is 6.46. The predicted octanol–water partition coefficient (Wildman–Crippen LogP) is 4.95.